The van der Waals surface area contributed by atoms with E-state index in [0.717, 1.165) is 19.7 Å². The minimum Gasteiger partial charge on any atom is -0.480 e. The number of carboxylic acids is 1. The van der Waals surface area contributed by atoms with Crippen molar-refractivity contribution in [2.75, 3.05) is 40.3 Å². The monoisotopic (exact) mass is 216 g/mol. The molecule has 0 bridgehead atoms. The number of hydrogen-bond acceptors (Lipinski definition) is 4. The van der Waals surface area contributed by atoms with Crippen LogP contribution in [0.5, 0.6) is 0 Å². The Balaban J connectivity index is 2.36. The molecule has 0 aromatic carbocycles. The number of hydrogen-bond donors (Lipinski definition) is 1. The molecule has 2 atom stereocenters. The zero-order chi connectivity index (χ0) is 11.4. The SMILES string of the molecule is CC(C(=O)O)N(C)CC1CN(C)CCO1. The molecule has 0 aromatic heterocycles. The van der Waals surface area contributed by atoms with Gasteiger partial charge in [-0.05, 0) is 21.0 Å². The van der Waals surface area contributed by atoms with Gasteiger partial charge >= 0.3 is 5.97 Å². The molecule has 5 heteroatoms. The predicted octanol–water partition coefficient (Wildman–Crippen LogP) is -0.278. The van der Waals surface area contributed by atoms with Gasteiger partial charge in [0.15, 0.2) is 0 Å². The van der Waals surface area contributed by atoms with Crippen LogP contribution >= 0.6 is 0 Å². The van der Waals surface area contributed by atoms with Crippen molar-refractivity contribution in [2.45, 2.75) is 19.1 Å². The van der Waals surface area contributed by atoms with Gasteiger partial charge in [0.1, 0.15) is 6.04 Å². The second-order valence-electron chi connectivity index (χ2n) is 4.21. The van der Waals surface area contributed by atoms with Crippen LogP contribution in [-0.2, 0) is 9.53 Å². The van der Waals surface area contributed by atoms with Crippen molar-refractivity contribution >= 4 is 5.97 Å². The Morgan fingerprint density at radius 2 is 2.40 bits per heavy atom. The Kier molecular flexibility index (Phi) is 4.50. The Hall–Kier alpha value is -0.650. The maximum Gasteiger partial charge on any atom is 0.320 e. The molecule has 0 amide bonds. The summed E-state index contributed by atoms with van der Waals surface area (Å²) in [5.41, 5.74) is 0. The summed E-state index contributed by atoms with van der Waals surface area (Å²) in [4.78, 5) is 14.8. The maximum absolute atomic E-state index is 10.8. The van der Waals surface area contributed by atoms with Crippen LogP contribution in [-0.4, -0.2) is 73.4 Å². The Labute approximate surface area is 90.6 Å². The number of rotatable bonds is 4. The van der Waals surface area contributed by atoms with Crippen LogP contribution in [0.3, 0.4) is 0 Å². The third-order valence-electron chi connectivity index (χ3n) is 2.85. The molecule has 88 valence electrons. The summed E-state index contributed by atoms with van der Waals surface area (Å²) in [6, 6.07) is -0.458. The van der Waals surface area contributed by atoms with E-state index in [9.17, 15) is 4.79 Å². The average Bonchev–Trinajstić information content (AvgIpc) is 2.16. The van der Waals surface area contributed by atoms with Gasteiger partial charge in [0.25, 0.3) is 0 Å². The molecular formula is C10H20N2O3. The molecule has 1 fully saturated rings. The van der Waals surface area contributed by atoms with Gasteiger partial charge in [-0.15, -0.1) is 0 Å². The number of carboxylic acid groups (broad SMARTS) is 1. The Bertz CT molecular complexity index is 223. The highest BCUT2D eigenvalue weighted by atomic mass is 16.5. The van der Waals surface area contributed by atoms with E-state index in [1.165, 1.54) is 0 Å². The van der Waals surface area contributed by atoms with Crippen LogP contribution in [0.1, 0.15) is 6.92 Å². The lowest BCUT2D eigenvalue weighted by Crippen LogP contribution is -2.48. The third-order valence-corrected chi connectivity index (χ3v) is 2.85. The van der Waals surface area contributed by atoms with Gasteiger partial charge in [0.2, 0.25) is 0 Å². The van der Waals surface area contributed by atoms with Crippen molar-refractivity contribution in [1.82, 2.24) is 9.80 Å². The summed E-state index contributed by atoms with van der Waals surface area (Å²) in [6.45, 7) is 4.91. The van der Waals surface area contributed by atoms with Crippen molar-refractivity contribution in [3.8, 4) is 0 Å². The van der Waals surface area contributed by atoms with Crippen molar-refractivity contribution in [3.63, 3.8) is 0 Å². The summed E-state index contributed by atoms with van der Waals surface area (Å²) < 4.78 is 5.57. The van der Waals surface area contributed by atoms with Crippen molar-refractivity contribution in [1.29, 1.82) is 0 Å². The molecule has 1 N–H and O–H groups in total. The third kappa shape index (κ3) is 3.77. The van der Waals surface area contributed by atoms with Gasteiger partial charge in [-0.3, -0.25) is 9.69 Å². The lowest BCUT2D eigenvalue weighted by atomic mass is 10.2. The molecular weight excluding hydrogens is 196 g/mol. The molecule has 0 radical (unpaired) electrons. The Morgan fingerprint density at radius 1 is 1.73 bits per heavy atom. The number of ether oxygens (including phenoxy) is 1. The van der Waals surface area contributed by atoms with Crippen molar-refractivity contribution in [2.24, 2.45) is 0 Å². The van der Waals surface area contributed by atoms with E-state index in [1.807, 2.05) is 11.9 Å². The molecule has 0 aliphatic carbocycles. The second kappa shape index (κ2) is 5.44. The van der Waals surface area contributed by atoms with Crippen molar-refractivity contribution in [3.05, 3.63) is 0 Å². The lowest BCUT2D eigenvalue weighted by molar-refractivity contribution is -0.143. The second-order valence-corrected chi connectivity index (χ2v) is 4.21. The first-order valence-electron chi connectivity index (χ1n) is 5.24. The van der Waals surface area contributed by atoms with Gasteiger partial charge in [-0.1, -0.05) is 0 Å². The fourth-order valence-corrected chi connectivity index (χ4v) is 1.65. The van der Waals surface area contributed by atoms with E-state index in [4.69, 9.17) is 9.84 Å². The minimum atomic E-state index is -0.790. The van der Waals surface area contributed by atoms with Gasteiger partial charge < -0.3 is 14.7 Å². The molecule has 1 aliphatic rings. The highest BCUT2D eigenvalue weighted by molar-refractivity contribution is 5.72. The molecule has 0 aromatic rings. The average molecular weight is 216 g/mol. The van der Waals surface area contributed by atoms with E-state index < -0.39 is 12.0 Å². The van der Waals surface area contributed by atoms with Crippen LogP contribution in [0.15, 0.2) is 0 Å². The number of aliphatic carboxylic acids is 1. The van der Waals surface area contributed by atoms with Crippen LogP contribution < -0.4 is 0 Å². The summed E-state index contributed by atoms with van der Waals surface area (Å²) in [5, 5.41) is 8.84. The van der Waals surface area contributed by atoms with Gasteiger partial charge in [-0.25, -0.2) is 0 Å². The summed E-state index contributed by atoms with van der Waals surface area (Å²) >= 11 is 0. The molecule has 0 saturated carbocycles. The van der Waals surface area contributed by atoms with E-state index in [-0.39, 0.29) is 6.10 Å². The standard InChI is InChI=1S/C10H20N2O3/c1-8(10(13)14)12(3)7-9-6-11(2)4-5-15-9/h8-9H,4-7H2,1-3H3,(H,13,14). The molecule has 2 unspecified atom stereocenters. The highest BCUT2D eigenvalue weighted by Gasteiger charge is 2.23. The fraction of sp³-hybridized carbons (Fsp3) is 0.900. The molecule has 0 spiro atoms. The van der Waals surface area contributed by atoms with Crippen molar-refractivity contribution < 1.29 is 14.6 Å². The molecule has 1 saturated heterocycles. The number of carbonyl (C=O) groups is 1. The quantitative estimate of drug-likeness (QED) is 0.700. The van der Waals surface area contributed by atoms with Crippen LogP contribution in [0.4, 0.5) is 0 Å². The highest BCUT2D eigenvalue weighted by Crippen LogP contribution is 2.06. The first-order valence-corrected chi connectivity index (χ1v) is 5.24. The molecule has 5 nitrogen and oxygen atoms in total. The number of nitrogens with zero attached hydrogens (tertiary/aromatic N) is 2. The first-order chi connectivity index (χ1) is 7.00. The van der Waals surface area contributed by atoms with E-state index >= 15 is 0 Å². The lowest BCUT2D eigenvalue weighted by Gasteiger charge is -2.33. The predicted molar refractivity (Wildman–Crippen MR) is 57.0 cm³/mol. The molecule has 15 heavy (non-hydrogen) atoms. The van der Waals surface area contributed by atoms with E-state index in [2.05, 4.69) is 11.9 Å². The van der Waals surface area contributed by atoms with Gasteiger partial charge in [0.05, 0.1) is 12.7 Å². The molecule has 1 rings (SSSR count). The van der Waals surface area contributed by atoms with Crippen LogP contribution in [0.2, 0.25) is 0 Å². The molecule has 1 heterocycles. The van der Waals surface area contributed by atoms with Gasteiger partial charge in [-0.2, -0.15) is 0 Å². The zero-order valence-electron chi connectivity index (χ0n) is 9.64. The topological polar surface area (TPSA) is 53.0 Å². The van der Waals surface area contributed by atoms with Gasteiger partial charge in [0, 0.05) is 19.6 Å². The summed E-state index contributed by atoms with van der Waals surface area (Å²) in [7, 11) is 3.87. The largest absolute Gasteiger partial charge is 0.480 e. The summed E-state index contributed by atoms with van der Waals surface area (Å²) in [6.07, 6.45) is 0.121. The van der Waals surface area contributed by atoms with E-state index in [1.54, 1.807) is 6.92 Å². The Morgan fingerprint density at radius 3 is 2.93 bits per heavy atom. The smallest absolute Gasteiger partial charge is 0.320 e. The normalized spacial score (nSPS) is 25.5. The van der Waals surface area contributed by atoms with E-state index in [0.29, 0.717) is 6.54 Å². The summed E-state index contributed by atoms with van der Waals surface area (Å²) in [5.74, 6) is -0.790. The first kappa shape index (κ1) is 12.4. The number of morpholine rings is 1. The zero-order valence-corrected chi connectivity index (χ0v) is 9.64. The fourth-order valence-electron chi connectivity index (χ4n) is 1.65. The maximum atomic E-state index is 10.8. The van der Waals surface area contributed by atoms with Crippen LogP contribution in [0, 0.1) is 0 Å². The van der Waals surface area contributed by atoms with Crippen LogP contribution in [0.25, 0.3) is 0 Å². The number of likely N-dealkylation sites (N-methyl/N-ethyl adjacent to an activating group) is 2. The molecule has 1 aliphatic heterocycles. The minimum absolute atomic E-state index is 0.121.